The van der Waals surface area contributed by atoms with Crippen molar-refractivity contribution in [3.05, 3.63) is 86.9 Å². The predicted octanol–water partition coefficient (Wildman–Crippen LogP) is 4.80. The number of rotatable bonds is 11. The summed E-state index contributed by atoms with van der Waals surface area (Å²) in [7, 11) is 1.54. The van der Waals surface area contributed by atoms with Crippen LogP contribution in [0.2, 0.25) is 10.0 Å². The van der Waals surface area contributed by atoms with Gasteiger partial charge in [0.1, 0.15) is 11.4 Å². The van der Waals surface area contributed by atoms with Crippen molar-refractivity contribution in [3.8, 4) is 28.3 Å². The molecule has 1 fully saturated rings. The number of aliphatic hydroxyl groups excluding tert-OH is 1. The molecule has 13 heteroatoms. The van der Waals surface area contributed by atoms with E-state index in [0.29, 0.717) is 88.0 Å². The monoisotopic (exact) mass is 689 g/mol. The number of aliphatic hydroxyl groups is 1. The summed E-state index contributed by atoms with van der Waals surface area (Å²) in [6.07, 6.45) is 3.83. The van der Waals surface area contributed by atoms with Gasteiger partial charge in [-0.2, -0.15) is 0 Å². The first-order valence-electron chi connectivity index (χ1n) is 15.9. The maximum Gasteiger partial charge on any atom is 0.274 e. The average Bonchev–Trinajstić information content (AvgIpc) is 3.50. The van der Waals surface area contributed by atoms with Crippen LogP contribution in [0.15, 0.2) is 48.7 Å². The lowest BCUT2D eigenvalue weighted by Gasteiger charge is -2.28. The molecule has 2 aromatic heterocycles. The topological polar surface area (TPSA) is 142 Å². The number of pyridine rings is 1. The lowest BCUT2D eigenvalue weighted by atomic mass is 9.98. The van der Waals surface area contributed by atoms with Crippen LogP contribution in [0.1, 0.15) is 45.8 Å². The molecule has 0 aliphatic carbocycles. The molecular weight excluding hydrogens is 653 g/mol. The Morgan fingerprint density at radius 2 is 1.88 bits per heavy atom. The zero-order chi connectivity index (χ0) is 33.8. The Kier molecular flexibility index (Phi) is 10.5. The maximum absolute atomic E-state index is 13.4. The highest BCUT2D eigenvalue weighted by Crippen LogP contribution is 2.41. The van der Waals surface area contributed by atoms with Gasteiger partial charge in [0.2, 0.25) is 11.8 Å². The second-order valence-corrected chi connectivity index (χ2v) is 12.7. The third-order valence-corrected chi connectivity index (χ3v) is 9.53. The highest BCUT2D eigenvalue weighted by molar-refractivity contribution is 6.39. The standard InChI is InChI=1S/C35H37Cl2N7O4/c1-20-15-27(41-30-19-44(13-14-45)12-11-22(20)30)34(47)42-26-8-4-6-24(33(26)37)23-5-3-7-25(32(23)36)28-18-39-29(35(43-28)48-2)17-38-16-21-9-10-31(46)40-21/h3-8,15,18,21,38,45H,9-14,16-17,19H2,1-2H3,(H,40,46)(H,42,47). The second-order valence-electron chi connectivity index (χ2n) is 11.9. The molecule has 4 N–H and O–H groups in total. The molecule has 250 valence electrons. The zero-order valence-electron chi connectivity index (χ0n) is 26.8. The molecule has 1 atom stereocenters. The minimum atomic E-state index is -0.371. The van der Waals surface area contributed by atoms with Crippen LogP contribution in [0.25, 0.3) is 22.4 Å². The van der Waals surface area contributed by atoms with E-state index >= 15 is 0 Å². The van der Waals surface area contributed by atoms with Gasteiger partial charge in [-0.05, 0) is 43.0 Å². The Morgan fingerprint density at radius 1 is 1.10 bits per heavy atom. The van der Waals surface area contributed by atoms with Crippen LogP contribution in [0, 0.1) is 6.92 Å². The molecule has 11 nitrogen and oxygen atoms in total. The fraction of sp³-hybridized carbons (Fsp3) is 0.343. The van der Waals surface area contributed by atoms with E-state index in [1.165, 1.54) is 0 Å². The van der Waals surface area contributed by atoms with Gasteiger partial charge >= 0.3 is 0 Å². The number of amides is 2. The van der Waals surface area contributed by atoms with Crippen molar-refractivity contribution in [3.63, 3.8) is 0 Å². The van der Waals surface area contributed by atoms with Crippen LogP contribution < -0.4 is 20.7 Å². The van der Waals surface area contributed by atoms with Crippen LogP contribution in [0.4, 0.5) is 5.69 Å². The van der Waals surface area contributed by atoms with Crippen molar-refractivity contribution in [1.29, 1.82) is 0 Å². The number of hydrogen-bond donors (Lipinski definition) is 4. The summed E-state index contributed by atoms with van der Waals surface area (Å²) >= 11 is 13.9. The molecule has 4 heterocycles. The quantitative estimate of drug-likeness (QED) is 0.175. The Bertz CT molecular complexity index is 1850. The van der Waals surface area contributed by atoms with Gasteiger partial charge in [-0.3, -0.25) is 19.5 Å². The van der Waals surface area contributed by atoms with Crippen molar-refractivity contribution in [1.82, 2.24) is 30.5 Å². The fourth-order valence-electron chi connectivity index (χ4n) is 6.21. The number of nitrogens with one attached hydrogen (secondary N) is 3. The van der Waals surface area contributed by atoms with Crippen LogP contribution in [0.5, 0.6) is 5.88 Å². The number of hydrogen-bond acceptors (Lipinski definition) is 9. The number of benzene rings is 2. The van der Waals surface area contributed by atoms with Crippen molar-refractivity contribution >= 4 is 40.7 Å². The molecule has 1 unspecified atom stereocenters. The number of carbonyl (C=O) groups excluding carboxylic acids is 2. The molecule has 0 spiro atoms. The van der Waals surface area contributed by atoms with Gasteiger partial charge in [-0.15, -0.1) is 0 Å². The van der Waals surface area contributed by atoms with Gasteiger partial charge in [0.15, 0.2) is 0 Å². The first kappa shape index (κ1) is 33.8. The molecule has 4 aromatic rings. The maximum atomic E-state index is 13.4. The number of β-amino-alcohol motifs (C(OH)–C–C–N with tert-alkyl or cyclic N) is 1. The number of anilines is 1. The SMILES string of the molecule is COc1nc(-c2cccc(-c3cccc(NC(=O)c4cc(C)c5c(n4)CN(CCO)CC5)c3Cl)c2Cl)cnc1CNCC1CCC(=O)N1. The third kappa shape index (κ3) is 7.30. The summed E-state index contributed by atoms with van der Waals surface area (Å²) in [4.78, 5) is 41.0. The zero-order valence-corrected chi connectivity index (χ0v) is 28.3. The van der Waals surface area contributed by atoms with Gasteiger partial charge in [0.05, 0.1) is 47.0 Å². The smallest absolute Gasteiger partial charge is 0.274 e. The van der Waals surface area contributed by atoms with Gasteiger partial charge in [0, 0.05) is 61.9 Å². The molecule has 0 saturated carbocycles. The lowest BCUT2D eigenvalue weighted by molar-refractivity contribution is -0.119. The van der Waals surface area contributed by atoms with Crippen molar-refractivity contribution in [2.75, 3.05) is 38.7 Å². The minimum absolute atomic E-state index is 0.0746. The second kappa shape index (κ2) is 15.0. The summed E-state index contributed by atoms with van der Waals surface area (Å²) in [5, 5.41) is 19.3. The van der Waals surface area contributed by atoms with E-state index < -0.39 is 0 Å². The van der Waals surface area contributed by atoms with Gasteiger partial charge in [-0.1, -0.05) is 53.5 Å². The van der Waals surface area contributed by atoms with E-state index in [4.69, 9.17) is 32.9 Å². The molecular formula is C35H37Cl2N7O4. The molecule has 2 aromatic carbocycles. The van der Waals surface area contributed by atoms with Crippen molar-refractivity contribution < 1.29 is 19.4 Å². The van der Waals surface area contributed by atoms with Crippen LogP contribution in [-0.2, 0) is 24.3 Å². The molecule has 0 radical (unpaired) electrons. The number of halogens is 2. The summed E-state index contributed by atoms with van der Waals surface area (Å²) in [6.45, 7) is 5.11. The largest absolute Gasteiger partial charge is 0.480 e. The molecule has 48 heavy (non-hydrogen) atoms. The Balaban J connectivity index is 1.21. The lowest BCUT2D eigenvalue weighted by Crippen LogP contribution is -2.35. The average molecular weight is 691 g/mol. The minimum Gasteiger partial charge on any atom is -0.480 e. The van der Waals surface area contributed by atoms with E-state index in [9.17, 15) is 14.7 Å². The van der Waals surface area contributed by atoms with E-state index in [2.05, 4.69) is 30.8 Å². The predicted molar refractivity (Wildman–Crippen MR) is 185 cm³/mol. The molecule has 6 rings (SSSR count). The Morgan fingerprint density at radius 3 is 2.62 bits per heavy atom. The Labute approximate surface area is 289 Å². The molecule has 2 amide bonds. The first-order chi connectivity index (χ1) is 23.2. The number of ether oxygens (including phenoxy) is 1. The number of aromatic nitrogens is 3. The normalized spacial score (nSPS) is 16.0. The summed E-state index contributed by atoms with van der Waals surface area (Å²) in [6, 6.07) is 12.9. The summed E-state index contributed by atoms with van der Waals surface area (Å²) in [5.41, 5.74) is 6.84. The number of fused-ring (bicyclic) bond motifs is 1. The Hall–Kier alpha value is -4.13. The van der Waals surface area contributed by atoms with Crippen molar-refractivity contribution in [2.45, 2.75) is 45.3 Å². The molecule has 2 aliphatic heterocycles. The molecule has 0 bridgehead atoms. The van der Waals surface area contributed by atoms with Gasteiger partial charge < -0.3 is 25.8 Å². The summed E-state index contributed by atoms with van der Waals surface area (Å²) < 4.78 is 5.56. The van der Waals surface area contributed by atoms with E-state index in [1.807, 2.05) is 31.2 Å². The van der Waals surface area contributed by atoms with Gasteiger partial charge in [0.25, 0.3) is 5.91 Å². The van der Waals surface area contributed by atoms with Gasteiger partial charge in [-0.25, -0.2) is 9.97 Å². The molecule has 1 saturated heterocycles. The number of aryl methyl sites for hydroxylation is 1. The van der Waals surface area contributed by atoms with E-state index in [-0.39, 0.29) is 24.5 Å². The first-order valence-corrected chi connectivity index (χ1v) is 16.6. The fourth-order valence-corrected chi connectivity index (χ4v) is 6.81. The van der Waals surface area contributed by atoms with Crippen molar-refractivity contribution in [2.24, 2.45) is 0 Å². The third-order valence-electron chi connectivity index (χ3n) is 8.72. The van der Waals surface area contributed by atoms with Crippen LogP contribution >= 0.6 is 23.2 Å². The molecule has 2 aliphatic rings. The number of methoxy groups -OCH3 is 1. The highest BCUT2D eigenvalue weighted by Gasteiger charge is 2.23. The van der Waals surface area contributed by atoms with E-state index in [0.717, 1.165) is 36.2 Å². The highest BCUT2D eigenvalue weighted by atomic mass is 35.5. The van der Waals surface area contributed by atoms with E-state index in [1.54, 1.807) is 31.5 Å². The van der Waals surface area contributed by atoms with Crippen LogP contribution in [0.3, 0.4) is 0 Å². The summed E-state index contributed by atoms with van der Waals surface area (Å²) in [5.74, 6) is 0.0707. The van der Waals surface area contributed by atoms with Crippen LogP contribution in [-0.4, -0.2) is 76.2 Å². The number of carbonyl (C=O) groups is 2. The number of nitrogens with zero attached hydrogens (tertiary/aromatic N) is 4.